The summed E-state index contributed by atoms with van der Waals surface area (Å²) in [6.07, 6.45) is 11.0. The highest BCUT2D eigenvalue weighted by atomic mass is 28.4. The Hall–Kier alpha value is 0.137. The molecule has 0 radical (unpaired) electrons. The van der Waals surface area contributed by atoms with Crippen molar-refractivity contribution in [2.75, 3.05) is 0 Å². The van der Waals surface area contributed by atoms with Crippen molar-refractivity contribution in [3.05, 3.63) is 0 Å². The fourth-order valence-electron chi connectivity index (χ4n) is 3.05. The third kappa shape index (κ3) is 6.91. The van der Waals surface area contributed by atoms with Gasteiger partial charge in [0.25, 0.3) is 0 Å². The SMILES string of the molecule is CCCCCC(CC)[Si](O)(O)C(CC)CCCCC. The zero-order valence-electron chi connectivity index (χ0n) is 13.6. The average Bonchev–Trinajstić information content (AvgIpc) is 2.39. The minimum absolute atomic E-state index is 0.172. The number of unbranched alkanes of at least 4 members (excludes halogenated alkanes) is 4. The molecule has 0 spiro atoms. The quantitative estimate of drug-likeness (QED) is 0.386. The van der Waals surface area contributed by atoms with Crippen molar-refractivity contribution in [2.45, 2.75) is 103 Å². The summed E-state index contributed by atoms with van der Waals surface area (Å²) in [6.45, 7) is 8.62. The smallest absolute Gasteiger partial charge is 0.339 e. The molecule has 0 aromatic heterocycles. The van der Waals surface area contributed by atoms with Crippen molar-refractivity contribution in [1.29, 1.82) is 0 Å². The maximum atomic E-state index is 10.7. The maximum Gasteiger partial charge on any atom is 0.339 e. The molecule has 2 unspecified atom stereocenters. The van der Waals surface area contributed by atoms with Crippen molar-refractivity contribution in [1.82, 2.24) is 0 Å². The molecule has 0 heterocycles. The summed E-state index contributed by atoms with van der Waals surface area (Å²) in [7, 11) is -3.06. The molecular weight excluding hydrogens is 252 g/mol. The molecule has 0 saturated heterocycles. The van der Waals surface area contributed by atoms with E-state index in [1.54, 1.807) is 0 Å². The molecule has 0 amide bonds. The molecule has 0 aromatic carbocycles. The Bertz CT molecular complexity index is 187. The highest BCUT2D eigenvalue weighted by Crippen LogP contribution is 2.39. The molecule has 0 rings (SSSR count). The van der Waals surface area contributed by atoms with Gasteiger partial charge in [-0.1, -0.05) is 79.1 Å². The van der Waals surface area contributed by atoms with E-state index in [9.17, 15) is 9.59 Å². The lowest BCUT2D eigenvalue weighted by Crippen LogP contribution is -2.45. The van der Waals surface area contributed by atoms with Crippen molar-refractivity contribution in [3.63, 3.8) is 0 Å². The van der Waals surface area contributed by atoms with Gasteiger partial charge in [-0.2, -0.15) is 0 Å². The monoisotopic (exact) mass is 288 g/mol. The summed E-state index contributed by atoms with van der Waals surface area (Å²) in [5.74, 6) is 0. The third-order valence-electron chi connectivity index (χ3n) is 4.50. The molecule has 0 fully saturated rings. The Labute approximate surface area is 121 Å². The second-order valence-electron chi connectivity index (χ2n) is 5.98. The van der Waals surface area contributed by atoms with Crippen LogP contribution in [0.5, 0.6) is 0 Å². The van der Waals surface area contributed by atoms with E-state index in [4.69, 9.17) is 0 Å². The van der Waals surface area contributed by atoms with Crippen LogP contribution in [0.4, 0.5) is 0 Å². The second kappa shape index (κ2) is 10.9. The Morgan fingerprint density at radius 1 is 0.684 bits per heavy atom. The Balaban J connectivity index is 4.45. The molecule has 0 saturated carbocycles. The molecule has 116 valence electrons. The lowest BCUT2D eigenvalue weighted by molar-refractivity contribution is 0.297. The summed E-state index contributed by atoms with van der Waals surface area (Å²) < 4.78 is 0. The van der Waals surface area contributed by atoms with E-state index in [0.717, 1.165) is 38.5 Å². The molecule has 0 aliphatic heterocycles. The van der Waals surface area contributed by atoms with Gasteiger partial charge >= 0.3 is 8.56 Å². The van der Waals surface area contributed by atoms with Crippen molar-refractivity contribution >= 4 is 8.56 Å². The van der Waals surface area contributed by atoms with Crippen LogP contribution < -0.4 is 0 Å². The van der Waals surface area contributed by atoms with Crippen LogP contribution in [0.15, 0.2) is 0 Å². The molecular formula is C16H36O2Si. The predicted molar refractivity (Wildman–Crippen MR) is 86.6 cm³/mol. The first-order valence-electron chi connectivity index (χ1n) is 8.49. The first-order chi connectivity index (χ1) is 9.04. The molecule has 0 bridgehead atoms. The van der Waals surface area contributed by atoms with Crippen molar-refractivity contribution < 1.29 is 9.59 Å². The minimum Gasteiger partial charge on any atom is -0.410 e. The molecule has 0 aliphatic rings. The molecule has 2 nitrogen and oxygen atoms in total. The van der Waals surface area contributed by atoms with Crippen molar-refractivity contribution in [3.8, 4) is 0 Å². The Kier molecular flexibility index (Phi) is 10.9. The maximum absolute atomic E-state index is 10.7. The van der Waals surface area contributed by atoms with Crippen LogP contribution in [0.3, 0.4) is 0 Å². The van der Waals surface area contributed by atoms with Crippen LogP contribution in [0.2, 0.25) is 11.1 Å². The summed E-state index contributed by atoms with van der Waals surface area (Å²) in [5, 5.41) is 0. The predicted octanol–water partition coefficient (Wildman–Crippen LogP) is 5.13. The lowest BCUT2D eigenvalue weighted by atomic mass is 10.1. The summed E-state index contributed by atoms with van der Waals surface area (Å²) in [4.78, 5) is 21.5. The topological polar surface area (TPSA) is 40.5 Å². The van der Waals surface area contributed by atoms with E-state index in [2.05, 4.69) is 27.7 Å². The van der Waals surface area contributed by atoms with Gasteiger partial charge in [0.15, 0.2) is 0 Å². The first kappa shape index (κ1) is 19.1. The van der Waals surface area contributed by atoms with Gasteiger partial charge < -0.3 is 9.59 Å². The zero-order valence-corrected chi connectivity index (χ0v) is 14.6. The lowest BCUT2D eigenvalue weighted by Gasteiger charge is -2.34. The first-order valence-corrected chi connectivity index (χ1v) is 10.5. The molecule has 0 aromatic rings. The van der Waals surface area contributed by atoms with Crippen LogP contribution in [0.25, 0.3) is 0 Å². The van der Waals surface area contributed by atoms with Crippen LogP contribution in [0, 0.1) is 0 Å². The van der Waals surface area contributed by atoms with Gasteiger partial charge in [-0.05, 0) is 12.8 Å². The van der Waals surface area contributed by atoms with Crippen LogP contribution in [-0.4, -0.2) is 18.2 Å². The van der Waals surface area contributed by atoms with E-state index < -0.39 is 8.56 Å². The highest BCUT2D eigenvalue weighted by Gasteiger charge is 2.44. The summed E-state index contributed by atoms with van der Waals surface area (Å²) in [6, 6.07) is 0. The Morgan fingerprint density at radius 2 is 1.05 bits per heavy atom. The standard InChI is InChI=1S/C16H36O2Si/c1-5-9-11-13-15(7-3)19(17,18)16(8-4)14-12-10-6-2/h15-18H,5-14H2,1-4H3. The van der Waals surface area contributed by atoms with Gasteiger partial charge in [-0.15, -0.1) is 0 Å². The molecule has 19 heavy (non-hydrogen) atoms. The third-order valence-corrected chi connectivity index (χ3v) is 8.30. The fourth-order valence-corrected chi connectivity index (χ4v) is 6.18. The van der Waals surface area contributed by atoms with E-state index in [-0.39, 0.29) is 11.1 Å². The van der Waals surface area contributed by atoms with Gasteiger partial charge in [-0.3, -0.25) is 0 Å². The van der Waals surface area contributed by atoms with E-state index >= 15 is 0 Å². The van der Waals surface area contributed by atoms with Crippen LogP contribution in [0.1, 0.15) is 91.9 Å². The van der Waals surface area contributed by atoms with Crippen LogP contribution >= 0.6 is 0 Å². The minimum atomic E-state index is -3.06. The zero-order chi connectivity index (χ0) is 14.7. The normalized spacial score (nSPS) is 15.5. The number of rotatable bonds is 12. The largest absolute Gasteiger partial charge is 0.410 e. The molecule has 2 N–H and O–H groups in total. The van der Waals surface area contributed by atoms with Gasteiger partial charge in [0.1, 0.15) is 0 Å². The van der Waals surface area contributed by atoms with Crippen LogP contribution in [-0.2, 0) is 0 Å². The van der Waals surface area contributed by atoms with Gasteiger partial charge in [0.05, 0.1) is 0 Å². The van der Waals surface area contributed by atoms with Gasteiger partial charge in [0, 0.05) is 11.1 Å². The summed E-state index contributed by atoms with van der Waals surface area (Å²) in [5.41, 5.74) is 0.344. The molecule has 2 atom stereocenters. The van der Waals surface area contributed by atoms with Gasteiger partial charge in [0.2, 0.25) is 0 Å². The highest BCUT2D eigenvalue weighted by molar-refractivity contribution is 6.67. The number of hydrogen-bond acceptors (Lipinski definition) is 2. The average molecular weight is 289 g/mol. The molecule has 0 aliphatic carbocycles. The van der Waals surface area contributed by atoms with Crippen molar-refractivity contribution in [2.24, 2.45) is 0 Å². The van der Waals surface area contributed by atoms with E-state index in [0.29, 0.717) is 0 Å². The van der Waals surface area contributed by atoms with Gasteiger partial charge in [-0.25, -0.2) is 0 Å². The van der Waals surface area contributed by atoms with E-state index in [1.807, 2.05) is 0 Å². The summed E-state index contributed by atoms with van der Waals surface area (Å²) >= 11 is 0. The fraction of sp³-hybridized carbons (Fsp3) is 1.00. The second-order valence-corrected chi connectivity index (χ2v) is 9.18. The number of hydrogen-bond donors (Lipinski definition) is 2. The molecule has 3 heteroatoms. The Morgan fingerprint density at radius 3 is 1.32 bits per heavy atom. The van der Waals surface area contributed by atoms with E-state index in [1.165, 1.54) is 25.7 Å².